The molecule has 1 aromatic carbocycles. The van der Waals surface area contributed by atoms with Crippen LogP contribution in [0.5, 0.6) is 0 Å². The highest BCUT2D eigenvalue weighted by Crippen LogP contribution is 2.15. The molecule has 2 amide bonds. The molecule has 1 saturated heterocycles. The van der Waals surface area contributed by atoms with E-state index in [1.165, 1.54) is 0 Å². The van der Waals surface area contributed by atoms with E-state index in [4.69, 9.17) is 4.74 Å². The molecular formula is C18H23N5O3. The highest BCUT2D eigenvalue weighted by Gasteiger charge is 2.17. The summed E-state index contributed by atoms with van der Waals surface area (Å²) in [6.07, 6.45) is 1.18. The average molecular weight is 357 g/mol. The number of hydrogen-bond donors (Lipinski definition) is 1. The zero-order valence-electron chi connectivity index (χ0n) is 15.1. The Morgan fingerprint density at radius 2 is 1.88 bits per heavy atom. The molecule has 1 fully saturated rings. The number of ether oxygens (including phenoxy) is 1. The van der Waals surface area contributed by atoms with Crippen LogP contribution in [0.1, 0.15) is 28.2 Å². The normalized spacial score (nSPS) is 14.3. The maximum absolute atomic E-state index is 12.2. The van der Waals surface area contributed by atoms with Gasteiger partial charge in [-0.15, -0.1) is 5.10 Å². The molecule has 2 aromatic rings. The fourth-order valence-electron chi connectivity index (χ4n) is 2.93. The lowest BCUT2D eigenvalue weighted by atomic mass is 10.1. The van der Waals surface area contributed by atoms with E-state index in [0.717, 1.165) is 11.3 Å². The molecule has 3 rings (SSSR count). The SMILES string of the molecule is CNC(=O)c1nnn(-c2ccc(CCC(=O)N3CCOCC3)cc2)c1C. The third-order valence-electron chi connectivity index (χ3n) is 4.51. The summed E-state index contributed by atoms with van der Waals surface area (Å²) in [5, 5.41) is 10.5. The minimum absolute atomic E-state index is 0.166. The summed E-state index contributed by atoms with van der Waals surface area (Å²) in [7, 11) is 1.56. The van der Waals surface area contributed by atoms with Gasteiger partial charge in [0.05, 0.1) is 24.6 Å². The van der Waals surface area contributed by atoms with E-state index in [-0.39, 0.29) is 11.8 Å². The standard InChI is InChI=1S/C18H23N5O3/c1-13-17(18(25)19-2)20-21-23(13)15-6-3-14(4-7-15)5-8-16(24)22-9-11-26-12-10-22/h3-4,6-7H,5,8-12H2,1-2H3,(H,19,25). The minimum Gasteiger partial charge on any atom is -0.378 e. The predicted octanol–water partition coefficient (Wildman–Crippen LogP) is 0.727. The fourth-order valence-corrected chi connectivity index (χ4v) is 2.93. The molecule has 2 heterocycles. The van der Waals surface area contributed by atoms with Crippen LogP contribution in [0.25, 0.3) is 5.69 Å². The lowest BCUT2D eigenvalue weighted by Crippen LogP contribution is -2.40. The van der Waals surface area contributed by atoms with Gasteiger partial charge >= 0.3 is 0 Å². The van der Waals surface area contributed by atoms with Gasteiger partial charge in [-0.2, -0.15) is 0 Å². The summed E-state index contributed by atoms with van der Waals surface area (Å²) >= 11 is 0. The van der Waals surface area contributed by atoms with Gasteiger partial charge in [-0.05, 0) is 31.0 Å². The lowest BCUT2D eigenvalue weighted by molar-refractivity contribution is -0.135. The summed E-state index contributed by atoms with van der Waals surface area (Å²) in [6, 6.07) is 7.79. The molecule has 1 N–H and O–H groups in total. The van der Waals surface area contributed by atoms with Crippen LogP contribution < -0.4 is 5.32 Å². The van der Waals surface area contributed by atoms with Gasteiger partial charge in [-0.1, -0.05) is 17.3 Å². The molecule has 0 spiro atoms. The third kappa shape index (κ3) is 3.91. The van der Waals surface area contributed by atoms with Gasteiger partial charge in [-0.25, -0.2) is 4.68 Å². The van der Waals surface area contributed by atoms with Crippen molar-refractivity contribution in [1.82, 2.24) is 25.2 Å². The molecule has 0 bridgehead atoms. The van der Waals surface area contributed by atoms with E-state index < -0.39 is 0 Å². The van der Waals surface area contributed by atoms with E-state index in [2.05, 4.69) is 15.6 Å². The van der Waals surface area contributed by atoms with Crippen molar-refractivity contribution in [3.63, 3.8) is 0 Å². The third-order valence-corrected chi connectivity index (χ3v) is 4.51. The van der Waals surface area contributed by atoms with Gasteiger partial charge in [0.15, 0.2) is 5.69 Å². The second-order valence-corrected chi connectivity index (χ2v) is 6.17. The number of nitrogens with one attached hydrogen (secondary N) is 1. The van der Waals surface area contributed by atoms with Crippen molar-refractivity contribution in [1.29, 1.82) is 0 Å². The van der Waals surface area contributed by atoms with Crippen molar-refractivity contribution < 1.29 is 14.3 Å². The van der Waals surface area contributed by atoms with Crippen LogP contribution in [0.4, 0.5) is 0 Å². The van der Waals surface area contributed by atoms with Crippen molar-refractivity contribution in [3.05, 3.63) is 41.2 Å². The Morgan fingerprint density at radius 3 is 2.54 bits per heavy atom. The van der Waals surface area contributed by atoms with E-state index in [0.29, 0.717) is 50.5 Å². The van der Waals surface area contributed by atoms with Crippen LogP contribution >= 0.6 is 0 Å². The maximum Gasteiger partial charge on any atom is 0.273 e. The molecule has 0 saturated carbocycles. The molecule has 0 radical (unpaired) electrons. The predicted molar refractivity (Wildman–Crippen MR) is 95.2 cm³/mol. The molecule has 0 aliphatic carbocycles. The van der Waals surface area contributed by atoms with E-state index in [1.54, 1.807) is 18.7 Å². The first-order chi connectivity index (χ1) is 12.6. The molecule has 1 aliphatic heterocycles. The number of carbonyl (C=O) groups excluding carboxylic acids is 2. The fraction of sp³-hybridized carbons (Fsp3) is 0.444. The molecular weight excluding hydrogens is 334 g/mol. The van der Waals surface area contributed by atoms with Crippen LogP contribution in [-0.4, -0.2) is 65.1 Å². The molecule has 8 nitrogen and oxygen atoms in total. The molecule has 1 aromatic heterocycles. The number of nitrogens with zero attached hydrogens (tertiary/aromatic N) is 4. The quantitative estimate of drug-likeness (QED) is 0.852. The highest BCUT2D eigenvalue weighted by atomic mass is 16.5. The van der Waals surface area contributed by atoms with E-state index in [9.17, 15) is 9.59 Å². The molecule has 0 unspecified atom stereocenters. The van der Waals surface area contributed by atoms with Crippen LogP contribution in [-0.2, 0) is 16.0 Å². The Bertz CT molecular complexity index is 779. The van der Waals surface area contributed by atoms with Gasteiger partial charge in [0, 0.05) is 26.6 Å². The Kier molecular flexibility index (Phi) is 5.62. The average Bonchev–Trinajstić information content (AvgIpc) is 3.08. The van der Waals surface area contributed by atoms with Gasteiger partial charge < -0.3 is 15.0 Å². The number of aromatic nitrogens is 3. The van der Waals surface area contributed by atoms with E-state index >= 15 is 0 Å². The molecule has 0 atom stereocenters. The Labute approximate surface area is 152 Å². The maximum atomic E-state index is 12.2. The zero-order chi connectivity index (χ0) is 18.5. The summed E-state index contributed by atoms with van der Waals surface area (Å²) in [5.41, 5.74) is 2.90. The topological polar surface area (TPSA) is 89.3 Å². The van der Waals surface area contributed by atoms with Crippen LogP contribution in [0.15, 0.2) is 24.3 Å². The number of benzene rings is 1. The van der Waals surface area contributed by atoms with Gasteiger partial charge in [0.1, 0.15) is 0 Å². The second kappa shape index (κ2) is 8.09. The highest BCUT2D eigenvalue weighted by molar-refractivity contribution is 5.93. The molecule has 1 aliphatic rings. The van der Waals surface area contributed by atoms with Crippen molar-refractivity contribution in [2.24, 2.45) is 0 Å². The zero-order valence-corrected chi connectivity index (χ0v) is 15.1. The van der Waals surface area contributed by atoms with Crippen LogP contribution in [0, 0.1) is 6.92 Å². The van der Waals surface area contributed by atoms with Crippen LogP contribution in [0.3, 0.4) is 0 Å². The first-order valence-electron chi connectivity index (χ1n) is 8.69. The number of amides is 2. The van der Waals surface area contributed by atoms with Crippen molar-refractivity contribution in [2.45, 2.75) is 19.8 Å². The van der Waals surface area contributed by atoms with E-state index in [1.807, 2.05) is 29.2 Å². The monoisotopic (exact) mass is 357 g/mol. The summed E-state index contributed by atoms with van der Waals surface area (Å²) in [6.45, 7) is 4.40. The molecule has 26 heavy (non-hydrogen) atoms. The first kappa shape index (κ1) is 18.1. The Hall–Kier alpha value is -2.74. The van der Waals surface area contributed by atoms with Gasteiger partial charge in [0.25, 0.3) is 5.91 Å². The van der Waals surface area contributed by atoms with Crippen molar-refractivity contribution >= 4 is 11.8 Å². The van der Waals surface area contributed by atoms with Gasteiger partial charge in [-0.3, -0.25) is 9.59 Å². The molecule has 8 heteroatoms. The van der Waals surface area contributed by atoms with Crippen molar-refractivity contribution in [3.8, 4) is 5.69 Å². The number of rotatable bonds is 5. The summed E-state index contributed by atoms with van der Waals surface area (Å²) in [5.74, 6) is -0.0910. The summed E-state index contributed by atoms with van der Waals surface area (Å²) in [4.78, 5) is 25.8. The second-order valence-electron chi connectivity index (χ2n) is 6.17. The minimum atomic E-state index is -0.257. The first-order valence-corrected chi connectivity index (χ1v) is 8.69. The molecule has 138 valence electrons. The Balaban J connectivity index is 1.62. The van der Waals surface area contributed by atoms with Gasteiger partial charge in [0.2, 0.25) is 5.91 Å². The largest absolute Gasteiger partial charge is 0.378 e. The number of morpholine rings is 1. The van der Waals surface area contributed by atoms with Crippen LogP contribution in [0.2, 0.25) is 0 Å². The lowest BCUT2D eigenvalue weighted by Gasteiger charge is -2.26. The summed E-state index contributed by atoms with van der Waals surface area (Å²) < 4.78 is 6.90. The number of hydrogen-bond acceptors (Lipinski definition) is 5. The number of carbonyl (C=O) groups is 2. The smallest absolute Gasteiger partial charge is 0.273 e. The van der Waals surface area contributed by atoms with Crippen molar-refractivity contribution in [2.75, 3.05) is 33.4 Å². The number of aryl methyl sites for hydroxylation is 1. The Morgan fingerprint density at radius 1 is 1.19 bits per heavy atom.